The zero-order chi connectivity index (χ0) is 11.4. The van der Waals surface area contributed by atoms with Gasteiger partial charge in [0.15, 0.2) is 12.1 Å². The Kier molecular flexibility index (Phi) is 3.31. The van der Waals surface area contributed by atoms with Gasteiger partial charge in [0.2, 0.25) is 0 Å². The monoisotopic (exact) mass is 222 g/mol. The number of carboxylic acids is 1. The fourth-order valence-electron chi connectivity index (χ4n) is 1.57. The highest BCUT2D eigenvalue weighted by molar-refractivity contribution is 5.92. The second-order valence-corrected chi connectivity index (χ2v) is 3.51. The van der Waals surface area contributed by atoms with E-state index in [0.717, 1.165) is 19.3 Å². The van der Waals surface area contributed by atoms with Gasteiger partial charge in [-0.1, -0.05) is 0 Å². The fraction of sp³-hybridized carbons (Fsp3) is 0.500. The van der Waals surface area contributed by atoms with Gasteiger partial charge in [-0.05, 0) is 19.3 Å². The summed E-state index contributed by atoms with van der Waals surface area (Å²) in [4.78, 5) is 23.8. The molecule has 1 N–H and O–H groups in total. The zero-order valence-corrected chi connectivity index (χ0v) is 8.72. The van der Waals surface area contributed by atoms with Crippen LogP contribution in [0.1, 0.15) is 29.6 Å². The number of nitrogens with zero attached hydrogens (tertiary/aromatic N) is 3. The van der Waals surface area contributed by atoms with Crippen molar-refractivity contribution >= 4 is 11.8 Å². The van der Waals surface area contributed by atoms with Crippen molar-refractivity contribution in [2.24, 2.45) is 0 Å². The number of hydrogen-bond donors (Lipinski definition) is 1. The van der Waals surface area contributed by atoms with E-state index in [4.69, 9.17) is 9.94 Å². The van der Waals surface area contributed by atoms with Gasteiger partial charge < -0.3 is 5.11 Å². The Hall–Kier alpha value is -1.69. The second-order valence-electron chi connectivity index (χ2n) is 3.51. The molecule has 1 aliphatic rings. The van der Waals surface area contributed by atoms with Crippen LogP contribution >= 0.6 is 0 Å². The van der Waals surface area contributed by atoms with E-state index in [0.29, 0.717) is 13.2 Å². The van der Waals surface area contributed by atoms with Crippen molar-refractivity contribution in [1.82, 2.24) is 9.97 Å². The highest BCUT2D eigenvalue weighted by atomic mass is 16.7. The van der Waals surface area contributed by atoms with Gasteiger partial charge in [-0.25, -0.2) is 19.8 Å². The Morgan fingerprint density at radius 3 is 3.19 bits per heavy atom. The van der Waals surface area contributed by atoms with Crippen LogP contribution in [-0.2, 0) is 4.84 Å². The number of rotatable bonds is 2. The number of anilines is 1. The zero-order valence-electron chi connectivity index (χ0n) is 8.72. The Labute approximate surface area is 92.8 Å². The molecule has 0 aromatic carbocycles. The van der Waals surface area contributed by atoms with Gasteiger partial charge in [0.05, 0.1) is 6.61 Å². The molecule has 0 unspecified atom stereocenters. The summed E-state index contributed by atoms with van der Waals surface area (Å²) in [6, 6.07) is 0. The van der Waals surface area contributed by atoms with Crippen molar-refractivity contribution in [3.8, 4) is 0 Å². The van der Waals surface area contributed by atoms with Crippen molar-refractivity contribution in [3.05, 3.63) is 18.1 Å². The first-order chi connectivity index (χ1) is 7.79. The lowest BCUT2D eigenvalue weighted by atomic mass is 10.2. The van der Waals surface area contributed by atoms with Crippen molar-refractivity contribution in [2.45, 2.75) is 19.3 Å². The molecule has 0 spiro atoms. The standard InChI is InChI=1S/C10H12N3O3/c14-10(15)8-6-11-7-12-9(8)13-4-2-1-3-5-16-13/h6H,1-5H2,(H,14,15). The minimum atomic E-state index is -1.06. The summed E-state index contributed by atoms with van der Waals surface area (Å²) in [5.41, 5.74) is 0.0423. The van der Waals surface area contributed by atoms with E-state index in [1.165, 1.54) is 11.3 Å². The van der Waals surface area contributed by atoms with Crippen molar-refractivity contribution in [1.29, 1.82) is 0 Å². The van der Waals surface area contributed by atoms with Crippen LogP contribution in [-0.4, -0.2) is 34.2 Å². The van der Waals surface area contributed by atoms with Crippen LogP contribution in [0.4, 0.5) is 5.82 Å². The van der Waals surface area contributed by atoms with Crippen LogP contribution in [0.5, 0.6) is 0 Å². The topological polar surface area (TPSA) is 75.5 Å². The molecule has 1 fully saturated rings. The highest BCUT2D eigenvalue weighted by Gasteiger charge is 2.19. The molecule has 0 amide bonds. The first-order valence-electron chi connectivity index (χ1n) is 5.16. The Balaban J connectivity index is 2.27. The minimum Gasteiger partial charge on any atom is -0.477 e. The van der Waals surface area contributed by atoms with Crippen LogP contribution in [0.15, 0.2) is 6.20 Å². The summed E-state index contributed by atoms with van der Waals surface area (Å²) in [5, 5.41) is 10.5. The summed E-state index contributed by atoms with van der Waals surface area (Å²) in [6.07, 6.45) is 6.64. The quantitative estimate of drug-likeness (QED) is 0.801. The van der Waals surface area contributed by atoms with Crippen LogP contribution in [0, 0.1) is 6.33 Å². The minimum absolute atomic E-state index is 0.0423. The van der Waals surface area contributed by atoms with Crippen molar-refractivity contribution in [2.75, 3.05) is 18.2 Å². The van der Waals surface area contributed by atoms with E-state index < -0.39 is 5.97 Å². The molecule has 2 heterocycles. The number of aromatic nitrogens is 2. The summed E-state index contributed by atoms with van der Waals surface area (Å²) in [6.45, 7) is 1.23. The van der Waals surface area contributed by atoms with Gasteiger partial charge in [-0.3, -0.25) is 4.84 Å². The Morgan fingerprint density at radius 2 is 2.38 bits per heavy atom. The number of aromatic carboxylic acids is 1. The lowest BCUT2D eigenvalue weighted by Gasteiger charge is -2.20. The maximum atomic E-state index is 11.0. The molecule has 16 heavy (non-hydrogen) atoms. The predicted molar refractivity (Wildman–Crippen MR) is 55.0 cm³/mol. The SMILES string of the molecule is O=C(O)c1cn[c]nc1N1CCCCCO1. The molecule has 1 saturated heterocycles. The third-order valence-electron chi connectivity index (χ3n) is 2.37. The number of carboxylic acid groups (broad SMARTS) is 1. The molecule has 6 heteroatoms. The molecule has 1 aromatic heterocycles. The van der Waals surface area contributed by atoms with E-state index in [1.807, 2.05) is 0 Å². The molecule has 6 nitrogen and oxygen atoms in total. The highest BCUT2D eigenvalue weighted by Crippen LogP contribution is 2.19. The van der Waals surface area contributed by atoms with Gasteiger partial charge in [0.25, 0.3) is 0 Å². The fourth-order valence-corrected chi connectivity index (χ4v) is 1.57. The van der Waals surface area contributed by atoms with Gasteiger partial charge in [0.1, 0.15) is 5.56 Å². The molecule has 0 bridgehead atoms. The molecule has 0 aliphatic carbocycles. The molecular formula is C10H12N3O3. The second kappa shape index (κ2) is 4.89. The van der Waals surface area contributed by atoms with Crippen LogP contribution in [0.2, 0.25) is 0 Å². The lowest BCUT2D eigenvalue weighted by Crippen LogP contribution is -2.26. The third kappa shape index (κ3) is 2.27. The maximum Gasteiger partial charge on any atom is 0.341 e. The first-order valence-corrected chi connectivity index (χ1v) is 5.16. The molecule has 0 atom stereocenters. The van der Waals surface area contributed by atoms with E-state index in [-0.39, 0.29) is 11.4 Å². The summed E-state index contributed by atoms with van der Waals surface area (Å²) in [5.74, 6) is -0.777. The van der Waals surface area contributed by atoms with Gasteiger partial charge in [-0.2, -0.15) is 0 Å². The Morgan fingerprint density at radius 1 is 1.50 bits per heavy atom. The van der Waals surface area contributed by atoms with Crippen LogP contribution < -0.4 is 5.06 Å². The molecule has 2 rings (SSSR count). The number of hydrogen-bond acceptors (Lipinski definition) is 5. The van der Waals surface area contributed by atoms with Crippen LogP contribution in [0.25, 0.3) is 0 Å². The average molecular weight is 222 g/mol. The predicted octanol–water partition coefficient (Wildman–Crippen LogP) is 0.897. The van der Waals surface area contributed by atoms with Crippen molar-refractivity contribution < 1.29 is 14.7 Å². The maximum absolute atomic E-state index is 11.0. The smallest absolute Gasteiger partial charge is 0.341 e. The average Bonchev–Trinajstić information content (AvgIpc) is 2.57. The number of hydroxylamine groups is 1. The van der Waals surface area contributed by atoms with Gasteiger partial charge in [0, 0.05) is 12.7 Å². The molecule has 1 radical (unpaired) electrons. The molecule has 1 aliphatic heterocycles. The van der Waals surface area contributed by atoms with E-state index in [2.05, 4.69) is 16.3 Å². The molecular weight excluding hydrogens is 210 g/mol. The molecule has 85 valence electrons. The first kappa shape index (κ1) is 10.8. The normalized spacial score (nSPS) is 16.9. The van der Waals surface area contributed by atoms with Gasteiger partial charge in [-0.15, -0.1) is 0 Å². The summed E-state index contributed by atoms with van der Waals surface area (Å²) >= 11 is 0. The molecule has 1 aromatic rings. The third-order valence-corrected chi connectivity index (χ3v) is 2.37. The lowest BCUT2D eigenvalue weighted by molar-refractivity contribution is 0.0689. The largest absolute Gasteiger partial charge is 0.477 e. The van der Waals surface area contributed by atoms with Crippen molar-refractivity contribution in [3.63, 3.8) is 0 Å². The summed E-state index contributed by atoms with van der Waals surface area (Å²) in [7, 11) is 0. The van der Waals surface area contributed by atoms with E-state index in [9.17, 15) is 4.79 Å². The number of carbonyl (C=O) groups is 1. The Bertz CT molecular complexity index is 375. The summed E-state index contributed by atoms with van der Waals surface area (Å²) < 4.78 is 0. The van der Waals surface area contributed by atoms with Crippen LogP contribution in [0.3, 0.4) is 0 Å². The van der Waals surface area contributed by atoms with E-state index >= 15 is 0 Å². The van der Waals surface area contributed by atoms with Gasteiger partial charge >= 0.3 is 5.97 Å². The van der Waals surface area contributed by atoms with E-state index in [1.54, 1.807) is 0 Å². The molecule has 0 saturated carbocycles.